The van der Waals surface area contributed by atoms with E-state index in [9.17, 15) is 58.5 Å². The van der Waals surface area contributed by atoms with Crippen molar-refractivity contribution in [2.45, 2.75) is 139 Å². The maximum absolute atomic E-state index is 15.0. The molecule has 29 heteroatoms. The molecule has 29 nitrogen and oxygen atoms in total. The lowest BCUT2D eigenvalue weighted by molar-refractivity contribution is -0.149. The first-order valence-corrected chi connectivity index (χ1v) is 30.1. The van der Waals surface area contributed by atoms with Crippen LogP contribution in [0.4, 0.5) is 0 Å². The molecular formula is C62H78N16O13. The Kier molecular flexibility index (Phi) is 22.9. The van der Waals surface area contributed by atoms with Crippen molar-refractivity contribution in [1.82, 2.24) is 67.4 Å². The minimum absolute atomic E-state index is 0.00158. The number of para-hydroxylation sites is 2. The van der Waals surface area contributed by atoms with Crippen molar-refractivity contribution in [3.63, 3.8) is 0 Å². The minimum Gasteiger partial charge on any atom is -0.508 e. The smallest absolute Gasteiger partial charge is 0.326 e. The number of hydrogen-bond acceptors (Lipinski definition) is 14. The maximum Gasteiger partial charge on any atom is 0.326 e. The summed E-state index contributed by atoms with van der Waals surface area (Å²) in [5.41, 5.74) is 14.5. The fourth-order valence-corrected chi connectivity index (χ4v) is 11.2. The zero-order valence-corrected chi connectivity index (χ0v) is 50.3. The van der Waals surface area contributed by atoms with Crippen LogP contribution in [0.2, 0.25) is 0 Å². The fraction of sp³-hybridized carbons (Fsp3) is 0.419. The molecule has 91 heavy (non-hydrogen) atoms. The number of aliphatic carboxylic acids is 1. The van der Waals surface area contributed by atoms with Crippen molar-refractivity contribution in [2.24, 2.45) is 22.4 Å². The summed E-state index contributed by atoms with van der Waals surface area (Å²) in [6.07, 6.45) is 6.53. The normalized spacial score (nSPS) is 16.9. The van der Waals surface area contributed by atoms with Crippen LogP contribution >= 0.6 is 0 Å². The molecule has 18 N–H and O–H groups in total. The third-order valence-electron chi connectivity index (χ3n) is 15.9. The molecule has 484 valence electrons. The quantitative estimate of drug-likeness (QED) is 0.0144. The molecule has 3 aromatic heterocycles. The molecule has 2 aliphatic rings. The number of aliphatic imine (C=N–C) groups is 1. The minimum atomic E-state index is -1.79. The Morgan fingerprint density at radius 1 is 0.659 bits per heavy atom. The molecule has 8 rings (SSSR count). The molecule has 0 bridgehead atoms. The van der Waals surface area contributed by atoms with Crippen LogP contribution in [0, 0.1) is 5.92 Å². The number of carboxylic acid groups (broad SMARTS) is 1. The molecule has 0 aliphatic carbocycles. The first kappa shape index (κ1) is 66.6. The predicted octanol–water partition coefficient (Wildman–Crippen LogP) is -0.812. The van der Waals surface area contributed by atoms with Gasteiger partial charge in [-0.2, -0.15) is 0 Å². The highest BCUT2D eigenvalue weighted by atomic mass is 16.4. The molecule has 2 aliphatic heterocycles. The first-order chi connectivity index (χ1) is 43.6. The number of hydrogen-bond donors (Lipinski definition) is 16. The van der Waals surface area contributed by atoms with Gasteiger partial charge in [-0.15, -0.1) is 0 Å². The maximum atomic E-state index is 15.0. The number of H-pyrrole nitrogens is 3. The summed E-state index contributed by atoms with van der Waals surface area (Å²) in [4.78, 5) is 158. The Bertz CT molecular complexity index is 3600. The van der Waals surface area contributed by atoms with E-state index in [4.69, 9.17) is 11.5 Å². The summed E-state index contributed by atoms with van der Waals surface area (Å²) in [7, 11) is 0. The van der Waals surface area contributed by atoms with Gasteiger partial charge in [-0.1, -0.05) is 62.4 Å². The molecule has 0 spiro atoms. The number of aromatic amines is 3. The monoisotopic (exact) mass is 1250 g/mol. The van der Waals surface area contributed by atoms with Gasteiger partial charge in [0.1, 0.15) is 60.1 Å². The molecule has 3 aromatic carbocycles. The lowest BCUT2D eigenvalue weighted by Gasteiger charge is -2.30. The molecule has 0 saturated carbocycles. The van der Waals surface area contributed by atoms with Crippen molar-refractivity contribution >= 4 is 86.9 Å². The van der Waals surface area contributed by atoms with Crippen LogP contribution in [0.3, 0.4) is 0 Å². The van der Waals surface area contributed by atoms with Gasteiger partial charge >= 0.3 is 5.97 Å². The number of aliphatic hydroxyl groups is 1. The zero-order valence-electron chi connectivity index (χ0n) is 50.3. The van der Waals surface area contributed by atoms with Crippen molar-refractivity contribution in [2.75, 3.05) is 19.7 Å². The second-order valence-electron chi connectivity index (χ2n) is 23.2. The van der Waals surface area contributed by atoms with Gasteiger partial charge in [-0.25, -0.2) is 9.78 Å². The number of nitrogens with zero attached hydrogens (tertiary/aromatic N) is 3. The third-order valence-corrected chi connectivity index (χ3v) is 15.9. The number of imidazole rings is 1. The third kappa shape index (κ3) is 18.2. The Balaban J connectivity index is 1.05. The van der Waals surface area contributed by atoms with Crippen molar-refractivity contribution < 1.29 is 63.3 Å². The molecule has 0 radical (unpaired) electrons. The molecule has 2 fully saturated rings. The second kappa shape index (κ2) is 31.2. The number of carbonyl (C=O) groups excluding carboxylic acids is 9. The van der Waals surface area contributed by atoms with Gasteiger partial charge in [-0.3, -0.25) is 48.1 Å². The number of carbonyl (C=O) groups is 10. The van der Waals surface area contributed by atoms with E-state index in [1.54, 1.807) is 68.7 Å². The molecule has 6 aromatic rings. The largest absolute Gasteiger partial charge is 0.508 e. The number of aromatic nitrogens is 4. The SMILES string of the molecule is CC(C)C[C@H](NC(=O)[C@H](Cc1c[nH]c2ccccc12)NC(=O)[C@H](Cc1ccc(O)cc1)NC(=O)[C@H](CO)NC(=O)[C@H](Cc1c[nH]c2ccccc12)NC(=O)[C@H](Cc1cnc[nH]1)NC(=O)[C@@H]1CCC(=O)N1)C(=O)N[C@@H](CCCN=C(N)N)C(=O)N1CCC[C@H]1C(=O)O. The summed E-state index contributed by atoms with van der Waals surface area (Å²) in [5.74, 6) is -8.79. The van der Waals surface area contributed by atoms with Crippen LogP contribution in [0.5, 0.6) is 5.75 Å². The van der Waals surface area contributed by atoms with Gasteiger partial charge in [0.25, 0.3) is 0 Å². The summed E-state index contributed by atoms with van der Waals surface area (Å²) in [5, 5.41) is 53.9. The number of benzene rings is 3. The number of nitrogens with two attached hydrogens (primary N) is 2. The number of phenolic OH excluding ortho intramolecular Hbond substituents is 1. The van der Waals surface area contributed by atoms with E-state index in [2.05, 4.69) is 67.5 Å². The van der Waals surface area contributed by atoms with Gasteiger partial charge in [0, 0.05) is 91.3 Å². The number of amides is 9. The van der Waals surface area contributed by atoms with Crippen LogP contribution in [0.1, 0.15) is 81.2 Å². The number of aliphatic hydroxyl groups excluding tert-OH is 1. The van der Waals surface area contributed by atoms with Crippen molar-refractivity contribution in [1.29, 1.82) is 0 Å². The molecular weight excluding hydrogens is 1180 g/mol. The van der Waals surface area contributed by atoms with Crippen LogP contribution in [0.15, 0.2) is 103 Å². The lowest BCUT2D eigenvalue weighted by atomic mass is 9.99. The fourth-order valence-electron chi connectivity index (χ4n) is 11.2. The summed E-state index contributed by atoms with van der Waals surface area (Å²) >= 11 is 0. The highest BCUT2D eigenvalue weighted by molar-refractivity contribution is 6.00. The van der Waals surface area contributed by atoms with Crippen molar-refractivity contribution in [3.8, 4) is 5.75 Å². The van der Waals surface area contributed by atoms with Gasteiger partial charge in [0.05, 0.1) is 12.9 Å². The van der Waals surface area contributed by atoms with Crippen molar-refractivity contribution in [3.05, 3.63) is 120 Å². The highest BCUT2D eigenvalue weighted by Gasteiger charge is 2.40. The Labute approximate surface area is 522 Å². The first-order valence-electron chi connectivity index (χ1n) is 30.1. The molecule has 0 unspecified atom stereocenters. The number of nitrogens with one attached hydrogen (secondary N) is 11. The lowest BCUT2D eigenvalue weighted by Crippen LogP contribution is -2.61. The predicted molar refractivity (Wildman–Crippen MR) is 332 cm³/mol. The van der Waals surface area contributed by atoms with Crippen LogP contribution in [-0.2, 0) is 73.6 Å². The number of guanidine groups is 1. The Morgan fingerprint density at radius 3 is 1.71 bits per heavy atom. The Morgan fingerprint density at radius 2 is 1.19 bits per heavy atom. The number of likely N-dealkylation sites (tertiary alicyclic amines) is 1. The number of carboxylic acids is 1. The summed E-state index contributed by atoms with van der Waals surface area (Å²) in [6, 6.07) is 7.77. The second-order valence-corrected chi connectivity index (χ2v) is 23.2. The number of aromatic hydroxyl groups is 1. The van der Waals surface area contributed by atoms with E-state index in [0.717, 1.165) is 0 Å². The van der Waals surface area contributed by atoms with E-state index in [1.807, 2.05) is 6.07 Å². The van der Waals surface area contributed by atoms with Crippen LogP contribution < -0.4 is 54.0 Å². The van der Waals surface area contributed by atoms with E-state index < -0.39 is 114 Å². The molecule has 2 saturated heterocycles. The number of phenols is 1. The average Bonchev–Trinajstić information content (AvgIpc) is 1.91. The van der Waals surface area contributed by atoms with E-state index in [-0.39, 0.29) is 101 Å². The zero-order chi connectivity index (χ0) is 65.3. The summed E-state index contributed by atoms with van der Waals surface area (Å²) in [6.45, 7) is 2.80. The van der Waals surface area contributed by atoms with Crippen LogP contribution in [-0.4, -0.2) is 179 Å². The van der Waals surface area contributed by atoms with E-state index in [1.165, 1.54) is 41.7 Å². The van der Waals surface area contributed by atoms with E-state index >= 15 is 4.79 Å². The van der Waals surface area contributed by atoms with Gasteiger partial charge in [-0.05, 0) is 85.4 Å². The molecule has 9 amide bonds. The Hall–Kier alpha value is -10.3. The highest BCUT2D eigenvalue weighted by Crippen LogP contribution is 2.24. The number of rotatable bonds is 31. The standard InChI is InChI=1S/C62H78N16O13/c1-33(2)23-45(54(83)71-44(13-7-21-66-62(63)64)60(89)78-22-8-14-51(78)61(90)91)72-56(85)47(25-35-28-67-41-11-5-3-9-39(35)41)74-55(84)46(24-34-15-17-38(80)18-16-34)73-59(88)50(31-79)77-57(86)48(26-36-29-68-42-12-6-4-10-40(36)42)75-58(87)49(27-37-30-65-32-69-37)76-53(82)43-19-20-52(81)70-43/h3-6,9-12,15-18,28-30,32-33,43-51,67-68,79-80H,7-8,13-14,19-27,31H2,1-2H3,(H,65,69)(H,70,81)(H,71,83)(H,72,85)(H,73,88)(H,74,84)(H,75,87)(H,76,82)(H,77,86)(H,90,91)(H4,63,64,66)/t43-,44-,45-,46-,47-,48-,49-,50-,51-/m0/s1. The number of fused-ring (bicyclic) bond motifs is 2. The van der Waals surface area contributed by atoms with Gasteiger partial charge in [0.15, 0.2) is 5.96 Å². The van der Waals surface area contributed by atoms with Crippen LogP contribution in [0.25, 0.3) is 21.8 Å². The summed E-state index contributed by atoms with van der Waals surface area (Å²) < 4.78 is 0. The molecule has 9 atom stereocenters. The van der Waals surface area contributed by atoms with E-state index in [0.29, 0.717) is 50.6 Å². The topological polar surface area (TPSA) is 456 Å². The van der Waals surface area contributed by atoms with Gasteiger partial charge in [0.2, 0.25) is 53.2 Å². The average molecular weight is 1260 g/mol. The molecule has 5 heterocycles. The van der Waals surface area contributed by atoms with Gasteiger partial charge < -0.3 is 89.2 Å².